The van der Waals surface area contributed by atoms with E-state index in [0.717, 1.165) is 6.26 Å². The first-order valence-electron chi connectivity index (χ1n) is 6.14. The summed E-state index contributed by atoms with van der Waals surface area (Å²) in [5, 5.41) is 16.0. The summed E-state index contributed by atoms with van der Waals surface area (Å²) in [5.41, 5.74) is 0.980. The lowest BCUT2D eigenvalue weighted by atomic mass is 10.1. The summed E-state index contributed by atoms with van der Waals surface area (Å²) in [6.45, 7) is 3.44. The van der Waals surface area contributed by atoms with Crippen molar-refractivity contribution in [2.45, 2.75) is 24.8 Å². The topological polar surface area (TPSA) is 118 Å². The number of aromatic nitrogens is 4. The van der Waals surface area contributed by atoms with Gasteiger partial charge in [-0.1, -0.05) is 11.3 Å². The smallest absolute Gasteiger partial charge is 0.252 e. The van der Waals surface area contributed by atoms with Crippen LogP contribution in [0.2, 0.25) is 0 Å². The van der Waals surface area contributed by atoms with Crippen LogP contribution in [0.15, 0.2) is 23.1 Å². The second kappa shape index (κ2) is 5.60. The quantitative estimate of drug-likeness (QED) is 0.844. The van der Waals surface area contributed by atoms with Gasteiger partial charge < -0.3 is 5.32 Å². The van der Waals surface area contributed by atoms with Crippen LogP contribution in [-0.4, -0.2) is 41.2 Å². The minimum atomic E-state index is -3.37. The van der Waals surface area contributed by atoms with Crippen molar-refractivity contribution in [1.29, 1.82) is 0 Å². The fourth-order valence-electron chi connectivity index (χ4n) is 1.77. The molecule has 1 amide bonds. The van der Waals surface area contributed by atoms with Crippen LogP contribution in [0.5, 0.6) is 0 Å². The van der Waals surface area contributed by atoms with E-state index in [1.54, 1.807) is 19.9 Å². The molecule has 2 rings (SSSR count). The van der Waals surface area contributed by atoms with Gasteiger partial charge in [-0.25, -0.2) is 8.42 Å². The first-order chi connectivity index (χ1) is 9.79. The Morgan fingerprint density at radius 1 is 1.38 bits per heavy atom. The standard InChI is InChI=1S/C12H15N5O3S/c1-7-4-5-9(21(3,19)20)6-10(7)12(18)13-8(2)11-14-16-17-15-11/h4-6,8H,1-3H3,(H,13,18)(H,14,15,16,17). The van der Waals surface area contributed by atoms with Gasteiger partial charge in [-0.3, -0.25) is 4.79 Å². The summed E-state index contributed by atoms with van der Waals surface area (Å²) in [6, 6.07) is 4.00. The molecule has 1 atom stereocenters. The Bertz CT molecular complexity index is 755. The van der Waals surface area contributed by atoms with E-state index in [9.17, 15) is 13.2 Å². The van der Waals surface area contributed by atoms with Crippen LogP contribution in [0.1, 0.15) is 34.7 Å². The second-order valence-corrected chi connectivity index (χ2v) is 6.73. The van der Waals surface area contributed by atoms with Gasteiger partial charge in [0.15, 0.2) is 15.7 Å². The SMILES string of the molecule is Cc1ccc(S(C)(=O)=O)cc1C(=O)NC(C)c1nn[nH]n1. The molecular weight excluding hydrogens is 294 g/mol. The van der Waals surface area contributed by atoms with E-state index < -0.39 is 21.8 Å². The van der Waals surface area contributed by atoms with Crippen LogP contribution in [0.25, 0.3) is 0 Å². The maximum atomic E-state index is 12.3. The third kappa shape index (κ3) is 3.43. The van der Waals surface area contributed by atoms with Crippen molar-refractivity contribution in [1.82, 2.24) is 25.9 Å². The highest BCUT2D eigenvalue weighted by Gasteiger charge is 2.18. The van der Waals surface area contributed by atoms with E-state index in [1.165, 1.54) is 12.1 Å². The minimum absolute atomic E-state index is 0.102. The molecule has 1 unspecified atom stereocenters. The molecule has 21 heavy (non-hydrogen) atoms. The summed E-state index contributed by atoms with van der Waals surface area (Å²) in [7, 11) is -3.37. The van der Waals surface area contributed by atoms with Gasteiger partial charge in [-0.2, -0.15) is 5.21 Å². The molecule has 0 bridgehead atoms. The molecular formula is C12H15N5O3S. The average molecular weight is 309 g/mol. The Morgan fingerprint density at radius 2 is 2.10 bits per heavy atom. The third-order valence-electron chi connectivity index (χ3n) is 2.98. The summed E-state index contributed by atoms with van der Waals surface area (Å²) < 4.78 is 23.1. The van der Waals surface area contributed by atoms with Gasteiger partial charge in [-0.05, 0) is 31.5 Å². The Hall–Kier alpha value is -2.29. The lowest BCUT2D eigenvalue weighted by molar-refractivity contribution is 0.0937. The maximum Gasteiger partial charge on any atom is 0.252 e. The van der Waals surface area contributed by atoms with E-state index in [1.807, 2.05) is 0 Å². The molecule has 1 heterocycles. The Kier molecular flexibility index (Phi) is 4.03. The predicted molar refractivity (Wildman–Crippen MR) is 74.3 cm³/mol. The number of carbonyl (C=O) groups is 1. The van der Waals surface area contributed by atoms with E-state index >= 15 is 0 Å². The monoisotopic (exact) mass is 309 g/mol. The highest BCUT2D eigenvalue weighted by atomic mass is 32.2. The summed E-state index contributed by atoms with van der Waals surface area (Å²) >= 11 is 0. The number of aromatic amines is 1. The number of nitrogens with zero attached hydrogens (tertiary/aromatic N) is 3. The van der Waals surface area contributed by atoms with E-state index in [4.69, 9.17) is 0 Å². The summed E-state index contributed by atoms with van der Waals surface area (Å²) in [5.74, 6) is -0.0458. The lowest BCUT2D eigenvalue weighted by Gasteiger charge is -2.12. The van der Waals surface area contributed by atoms with E-state index in [2.05, 4.69) is 25.9 Å². The number of H-pyrrole nitrogens is 1. The fourth-order valence-corrected chi connectivity index (χ4v) is 2.42. The molecule has 0 radical (unpaired) electrons. The molecule has 8 nitrogen and oxygen atoms in total. The molecule has 0 aliphatic carbocycles. The molecule has 9 heteroatoms. The van der Waals surface area contributed by atoms with Gasteiger partial charge in [-0.15, -0.1) is 10.2 Å². The van der Waals surface area contributed by atoms with Crippen LogP contribution in [0.3, 0.4) is 0 Å². The number of tetrazole rings is 1. The van der Waals surface area contributed by atoms with Crippen LogP contribution in [0, 0.1) is 6.92 Å². The van der Waals surface area contributed by atoms with Crippen molar-refractivity contribution in [2.75, 3.05) is 6.26 Å². The van der Waals surface area contributed by atoms with Crippen LogP contribution >= 0.6 is 0 Å². The molecule has 0 spiro atoms. The number of carbonyl (C=O) groups excluding carboxylic acids is 1. The van der Waals surface area contributed by atoms with Gasteiger partial charge >= 0.3 is 0 Å². The molecule has 0 saturated heterocycles. The highest BCUT2D eigenvalue weighted by molar-refractivity contribution is 7.90. The Labute approximate surface area is 121 Å². The number of sulfone groups is 1. The Balaban J connectivity index is 2.27. The maximum absolute atomic E-state index is 12.3. The highest BCUT2D eigenvalue weighted by Crippen LogP contribution is 2.16. The van der Waals surface area contributed by atoms with Crippen molar-refractivity contribution >= 4 is 15.7 Å². The van der Waals surface area contributed by atoms with Crippen molar-refractivity contribution < 1.29 is 13.2 Å². The molecule has 0 saturated carbocycles. The molecule has 1 aromatic carbocycles. The molecule has 2 aromatic rings. The van der Waals surface area contributed by atoms with Gasteiger partial charge in [0.2, 0.25) is 0 Å². The van der Waals surface area contributed by atoms with Crippen molar-refractivity contribution in [3.63, 3.8) is 0 Å². The van der Waals surface area contributed by atoms with E-state index in [-0.39, 0.29) is 4.90 Å². The summed E-state index contributed by atoms with van der Waals surface area (Å²) in [4.78, 5) is 12.4. The zero-order valence-electron chi connectivity index (χ0n) is 11.8. The van der Waals surface area contributed by atoms with Crippen molar-refractivity contribution in [3.05, 3.63) is 35.2 Å². The van der Waals surface area contributed by atoms with Crippen LogP contribution < -0.4 is 5.32 Å². The number of hydrogen-bond acceptors (Lipinski definition) is 6. The third-order valence-corrected chi connectivity index (χ3v) is 4.09. The number of hydrogen-bond donors (Lipinski definition) is 2. The molecule has 0 fully saturated rings. The molecule has 1 aromatic heterocycles. The first kappa shape index (κ1) is 15.1. The number of rotatable bonds is 4. The molecule has 0 aliphatic heterocycles. The predicted octanol–water partition coefficient (Wildman–Crippen LogP) is 0.403. The van der Waals surface area contributed by atoms with Crippen LogP contribution in [-0.2, 0) is 9.84 Å². The lowest BCUT2D eigenvalue weighted by Crippen LogP contribution is -2.28. The van der Waals surface area contributed by atoms with Gasteiger partial charge in [0.25, 0.3) is 5.91 Å². The average Bonchev–Trinajstić information content (AvgIpc) is 2.91. The molecule has 2 N–H and O–H groups in total. The number of nitrogens with one attached hydrogen (secondary N) is 2. The second-order valence-electron chi connectivity index (χ2n) is 4.71. The number of aryl methyl sites for hydroxylation is 1. The van der Waals surface area contributed by atoms with Gasteiger partial charge in [0.1, 0.15) is 0 Å². The number of benzene rings is 1. The summed E-state index contributed by atoms with van der Waals surface area (Å²) in [6.07, 6.45) is 1.10. The van der Waals surface area contributed by atoms with Crippen molar-refractivity contribution in [3.8, 4) is 0 Å². The van der Waals surface area contributed by atoms with Crippen LogP contribution in [0.4, 0.5) is 0 Å². The first-order valence-corrected chi connectivity index (χ1v) is 8.03. The van der Waals surface area contributed by atoms with E-state index in [0.29, 0.717) is 17.0 Å². The van der Waals surface area contributed by atoms with Gasteiger partial charge in [0.05, 0.1) is 10.9 Å². The minimum Gasteiger partial charge on any atom is -0.342 e. The van der Waals surface area contributed by atoms with Gasteiger partial charge in [0, 0.05) is 11.8 Å². The zero-order chi connectivity index (χ0) is 15.6. The Morgan fingerprint density at radius 3 is 2.67 bits per heavy atom. The van der Waals surface area contributed by atoms with Crippen molar-refractivity contribution in [2.24, 2.45) is 0 Å². The molecule has 112 valence electrons. The fraction of sp³-hybridized carbons (Fsp3) is 0.333. The normalized spacial score (nSPS) is 12.9. The number of amides is 1. The zero-order valence-corrected chi connectivity index (χ0v) is 12.6. The molecule has 0 aliphatic rings. The largest absolute Gasteiger partial charge is 0.342 e.